The molecule has 0 spiro atoms. The Morgan fingerprint density at radius 3 is 2.50 bits per heavy atom. The minimum atomic E-state index is -0.375. The monoisotopic (exact) mass is 418 g/mol. The lowest BCUT2D eigenvalue weighted by molar-refractivity contribution is 0.103. The van der Waals surface area contributed by atoms with Crippen molar-refractivity contribution in [3.63, 3.8) is 0 Å². The number of benzene rings is 2. The number of hydrogen-bond donors (Lipinski definition) is 0. The van der Waals surface area contributed by atoms with Crippen molar-refractivity contribution in [1.29, 1.82) is 0 Å². The number of thioether (sulfide) groups is 1. The van der Waals surface area contributed by atoms with Crippen molar-refractivity contribution >= 4 is 28.5 Å². The van der Waals surface area contributed by atoms with Crippen LogP contribution in [0.15, 0.2) is 80.4 Å². The first-order chi connectivity index (χ1) is 14.7. The number of carbonyl (C=O) groups excluding carboxylic acids is 1. The highest BCUT2D eigenvalue weighted by Gasteiger charge is 2.25. The SMILES string of the molecule is CCCCSCc1ccc(-c2oc3ccccc3c(=O)c2C(=O)c2ccccc2)o1. The normalized spacial score (nSPS) is 11.1. The topological polar surface area (TPSA) is 60.4 Å². The van der Waals surface area contributed by atoms with E-state index in [1.165, 1.54) is 0 Å². The minimum absolute atomic E-state index is 0.000522. The lowest BCUT2D eigenvalue weighted by Gasteiger charge is -2.08. The van der Waals surface area contributed by atoms with Crippen LogP contribution in [0.1, 0.15) is 41.4 Å². The first kappa shape index (κ1) is 20.2. The van der Waals surface area contributed by atoms with E-state index in [-0.39, 0.29) is 22.5 Å². The number of unbranched alkanes of at least 4 members (excludes halogenated alkanes) is 1. The van der Waals surface area contributed by atoms with Gasteiger partial charge < -0.3 is 8.83 Å². The van der Waals surface area contributed by atoms with Gasteiger partial charge in [0.25, 0.3) is 0 Å². The summed E-state index contributed by atoms with van der Waals surface area (Å²) in [6, 6.07) is 19.4. The van der Waals surface area contributed by atoms with Crippen molar-refractivity contribution in [2.24, 2.45) is 0 Å². The van der Waals surface area contributed by atoms with Crippen LogP contribution < -0.4 is 5.43 Å². The van der Waals surface area contributed by atoms with E-state index in [0.29, 0.717) is 22.3 Å². The summed E-state index contributed by atoms with van der Waals surface area (Å²) in [7, 11) is 0. The molecule has 152 valence electrons. The van der Waals surface area contributed by atoms with Crippen LogP contribution in [0.5, 0.6) is 0 Å². The van der Waals surface area contributed by atoms with Crippen LogP contribution >= 0.6 is 11.8 Å². The second-order valence-electron chi connectivity index (χ2n) is 7.00. The van der Waals surface area contributed by atoms with E-state index in [1.807, 2.05) is 12.1 Å². The third-order valence-electron chi connectivity index (χ3n) is 4.83. The van der Waals surface area contributed by atoms with Gasteiger partial charge in [-0.15, -0.1) is 0 Å². The molecule has 0 aliphatic rings. The smallest absolute Gasteiger partial charge is 0.204 e. The van der Waals surface area contributed by atoms with E-state index >= 15 is 0 Å². The molecule has 0 fully saturated rings. The second-order valence-corrected chi connectivity index (χ2v) is 8.10. The molecule has 4 aromatic rings. The van der Waals surface area contributed by atoms with Crippen LogP contribution in [-0.2, 0) is 5.75 Å². The molecule has 0 atom stereocenters. The Morgan fingerprint density at radius 1 is 0.933 bits per heavy atom. The molecular formula is C25H22O4S. The quantitative estimate of drug-likeness (QED) is 0.248. The highest BCUT2D eigenvalue weighted by Crippen LogP contribution is 2.30. The van der Waals surface area contributed by atoms with Crippen LogP contribution in [0.2, 0.25) is 0 Å². The van der Waals surface area contributed by atoms with E-state index in [0.717, 1.165) is 30.1 Å². The van der Waals surface area contributed by atoms with Gasteiger partial charge in [-0.25, -0.2) is 0 Å². The molecule has 4 nitrogen and oxygen atoms in total. The Morgan fingerprint density at radius 2 is 1.70 bits per heavy atom. The summed E-state index contributed by atoms with van der Waals surface area (Å²) in [6.07, 6.45) is 2.32. The average Bonchev–Trinajstić information content (AvgIpc) is 3.26. The van der Waals surface area contributed by atoms with Gasteiger partial charge in [0, 0.05) is 5.56 Å². The molecular weight excluding hydrogens is 396 g/mol. The lowest BCUT2D eigenvalue weighted by Crippen LogP contribution is -2.17. The van der Waals surface area contributed by atoms with Gasteiger partial charge in [-0.2, -0.15) is 11.8 Å². The van der Waals surface area contributed by atoms with Gasteiger partial charge in [-0.1, -0.05) is 55.8 Å². The molecule has 0 aliphatic heterocycles. The molecule has 2 aromatic heterocycles. The average molecular weight is 419 g/mol. The van der Waals surface area contributed by atoms with Gasteiger partial charge in [0.1, 0.15) is 16.9 Å². The Bertz CT molecular complexity index is 1220. The zero-order valence-electron chi connectivity index (χ0n) is 16.7. The first-order valence-electron chi connectivity index (χ1n) is 10.0. The highest BCUT2D eigenvalue weighted by atomic mass is 32.2. The number of rotatable bonds is 8. The Kier molecular flexibility index (Phi) is 6.19. The standard InChI is InChI=1S/C25H22O4S/c1-2-3-15-30-16-18-13-14-21(28-18)25-22(23(26)17-9-5-4-6-10-17)24(27)19-11-7-8-12-20(19)29-25/h4-14H,2-3,15-16H2,1H3. The largest absolute Gasteiger partial charge is 0.457 e. The molecule has 0 unspecified atom stereocenters. The zero-order valence-corrected chi connectivity index (χ0v) is 17.5. The second kappa shape index (κ2) is 9.18. The van der Waals surface area contributed by atoms with E-state index in [4.69, 9.17) is 8.83 Å². The zero-order chi connectivity index (χ0) is 20.9. The number of para-hydroxylation sites is 1. The van der Waals surface area contributed by atoms with Crippen LogP contribution in [0.25, 0.3) is 22.5 Å². The molecule has 0 aliphatic carbocycles. The summed E-state index contributed by atoms with van der Waals surface area (Å²) in [5, 5.41) is 0.377. The van der Waals surface area contributed by atoms with Crippen LogP contribution in [-0.4, -0.2) is 11.5 Å². The predicted octanol–water partition coefficient (Wildman–Crippen LogP) is 6.32. The van der Waals surface area contributed by atoms with Crippen LogP contribution in [0.4, 0.5) is 0 Å². The summed E-state index contributed by atoms with van der Waals surface area (Å²) in [5.41, 5.74) is 0.510. The number of hydrogen-bond acceptors (Lipinski definition) is 5. The van der Waals surface area contributed by atoms with E-state index in [2.05, 4.69) is 6.92 Å². The third-order valence-corrected chi connectivity index (χ3v) is 5.90. The lowest BCUT2D eigenvalue weighted by atomic mass is 9.99. The van der Waals surface area contributed by atoms with Crippen molar-refractivity contribution in [3.8, 4) is 11.5 Å². The van der Waals surface area contributed by atoms with Crippen molar-refractivity contribution in [1.82, 2.24) is 0 Å². The van der Waals surface area contributed by atoms with Gasteiger partial charge in [-0.05, 0) is 36.4 Å². The summed E-state index contributed by atoms with van der Waals surface area (Å²) in [6.45, 7) is 2.17. The summed E-state index contributed by atoms with van der Waals surface area (Å²) < 4.78 is 12.0. The maximum Gasteiger partial charge on any atom is 0.204 e. The fraction of sp³-hybridized carbons (Fsp3) is 0.200. The van der Waals surface area contributed by atoms with Crippen molar-refractivity contribution in [2.45, 2.75) is 25.5 Å². The van der Waals surface area contributed by atoms with Gasteiger partial charge in [0.15, 0.2) is 11.5 Å². The molecule has 2 heterocycles. The molecule has 0 saturated carbocycles. The van der Waals surface area contributed by atoms with Gasteiger partial charge in [0.05, 0.1) is 11.1 Å². The van der Waals surface area contributed by atoms with Gasteiger partial charge in [-0.3, -0.25) is 9.59 Å². The fourth-order valence-electron chi connectivity index (χ4n) is 3.25. The third kappa shape index (κ3) is 4.12. The predicted molar refractivity (Wildman–Crippen MR) is 121 cm³/mol. The molecule has 0 saturated heterocycles. The summed E-state index contributed by atoms with van der Waals surface area (Å²) in [4.78, 5) is 26.5. The molecule has 4 rings (SSSR count). The molecule has 30 heavy (non-hydrogen) atoms. The first-order valence-corrected chi connectivity index (χ1v) is 11.2. The van der Waals surface area contributed by atoms with E-state index in [9.17, 15) is 9.59 Å². The highest BCUT2D eigenvalue weighted by molar-refractivity contribution is 7.98. The summed E-state index contributed by atoms with van der Waals surface area (Å²) in [5.74, 6) is 2.79. The number of carbonyl (C=O) groups is 1. The van der Waals surface area contributed by atoms with Gasteiger partial charge >= 0.3 is 0 Å². The Labute approximate surface area is 178 Å². The molecule has 0 bridgehead atoms. The van der Waals surface area contributed by atoms with Crippen molar-refractivity contribution < 1.29 is 13.6 Å². The molecule has 0 amide bonds. The van der Waals surface area contributed by atoms with Crippen molar-refractivity contribution in [2.75, 3.05) is 5.75 Å². The Hall–Kier alpha value is -3.05. The molecule has 2 aromatic carbocycles. The number of furan rings is 1. The molecule has 0 radical (unpaired) electrons. The maximum absolute atomic E-state index is 13.3. The van der Waals surface area contributed by atoms with Crippen molar-refractivity contribution in [3.05, 3.63) is 93.8 Å². The molecule has 0 N–H and O–H groups in total. The summed E-state index contributed by atoms with van der Waals surface area (Å²) >= 11 is 1.80. The minimum Gasteiger partial charge on any atom is -0.457 e. The Balaban J connectivity index is 1.80. The fourth-order valence-corrected chi connectivity index (χ4v) is 4.25. The van der Waals surface area contributed by atoms with E-state index in [1.54, 1.807) is 66.4 Å². The number of ketones is 1. The van der Waals surface area contributed by atoms with Crippen LogP contribution in [0.3, 0.4) is 0 Å². The van der Waals surface area contributed by atoms with Crippen LogP contribution in [0, 0.1) is 0 Å². The van der Waals surface area contributed by atoms with E-state index < -0.39 is 0 Å². The van der Waals surface area contributed by atoms with Gasteiger partial charge in [0.2, 0.25) is 11.2 Å². The molecule has 5 heteroatoms. The maximum atomic E-state index is 13.3. The number of fused-ring (bicyclic) bond motifs is 1.